The van der Waals surface area contributed by atoms with E-state index >= 15 is 0 Å². The zero-order valence-corrected chi connectivity index (χ0v) is 25.9. The smallest absolute Gasteiger partial charge is 0.425 e. The molecular weight excluding hydrogens is 570 g/mol. The Morgan fingerprint density at radius 2 is 1.57 bits per heavy atom. The van der Waals surface area contributed by atoms with Gasteiger partial charge >= 0.3 is 7.12 Å². The lowest BCUT2D eigenvalue weighted by molar-refractivity contribution is -0.142. The third-order valence-electron chi connectivity index (χ3n) is 8.01. The first kappa shape index (κ1) is 37.3. The highest BCUT2D eigenvalue weighted by atomic mass is 19.1. The second-order valence-corrected chi connectivity index (χ2v) is 12.0. The van der Waals surface area contributed by atoms with Crippen molar-refractivity contribution < 1.29 is 33.6 Å². The maximum absolute atomic E-state index is 14.9. The lowest BCUT2D eigenvalue weighted by atomic mass is 9.56. The van der Waals surface area contributed by atoms with Gasteiger partial charge in [0.2, 0.25) is 17.7 Å². The van der Waals surface area contributed by atoms with Gasteiger partial charge in [-0.25, -0.2) is 4.39 Å². The van der Waals surface area contributed by atoms with E-state index in [4.69, 9.17) is 17.2 Å². The fraction of sp³-hybridized carbons (Fsp3) is 0.667. The Morgan fingerprint density at radius 1 is 0.977 bits per heavy atom. The first-order valence-electron chi connectivity index (χ1n) is 15.6. The van der Waals surface area contributed by atoms with Crippen molar-refractivity contribution in [1.29, 1.82) is 0 Å². The molecule has 14 heteroatoms. The number of piperidine rings is 1. The van der Waals surface area contributed by atoms with Gasteiger partial charge in [-0.15, -0.1) is 0 Å². The number of nitrogens with two attached hydrogens (primary N) is 3. The molecule has 3 amide bonds. The number of likely N-dealkylation sites (tertiary alicyclic amines) is 1. The lowest BCUT2D eigenvalue weighted by Crippen LogP contribution is -2.71. The van der Waals surface area contributed by atoms with E-state index in [0.717, 1.165) is 4.90 Å². The fourth-order valence-electron chi connectivity index (χ4n) is 5.57. The minimum absolute atomic E-state index is 0.00447. The van der Waals surface area contributed by atoms with Crippen LogP contribution in [-0.2, 0) is 14.4 Å². The number of ketones is 1. The summed E-state index contributed by atoms with van der Waals surface area (Å²) < 4.78 is 14.9. The fourth-order valence-corrected chi connectivity index (χ4v) is 5.57. The van der Waals surface area contributed by atoms with E-state index in [1.165, 1.54) is 12.1 Å². The Hall–Kier alpha value is -2.91. The number of carbonyl (C=O) groups is 4. The third-order valence-corrected chi connectivity index (χ3v) is 8.01. The van der Waals surface area contributed by atoms with E-state index in [0.29, 0.717) is 45.2 Å². The largest absolute Gasteiger partial charge is 0.487 e. The summed E-state index contributed by atoms with van der Waals surface area (Å²) in [6, 6.07) is 4.67. The highest BCUT2D eigenvalue weighted by molar-refractivity contribution is 6.54. The van der Waals surface area contributed by atoms with Crippen molar-refractivity contribution in [3.8, 4) is 0 Å². The molecule has 2 unspecified atom stereocenters. The number of benzene rings is 1. The van der Waals surface area contributed by atoms with Crippen molar-refractivity contribution in [2.45, 2.75) is 101 Å². The molecule has 1 aromatic carbocycles. The van der Waals surface area contributed by atoms with Crippen molar-refractivity contribution in [2.24, 2.45) is 23.1 Å². The van der Waals surface area contributed by atoms with Crippen LogP contribution in [-0.4, -0.2) is 94.9 Å². The Balaban J connectivity index is 2.40. The number of hydrogen-bond acceptors (Lipinski definition) is 9. The molecule has 1 aliphatic rings. The average molecular weight is 621 g/mol. The van der Waals surface area contributed by atoms with Crippen molar-refractivity contribution in [3.05, 3.63) is 35.9 Å². The normalized spacial score (nSPS) is 20.5. The minimum Gasteiger partial charge on any atom is -0.425 e. The van der Waals surface area contributed by atoms with Crippen LogP contribution in [0, 0.1) is 5.92 Å². The van der Waals surface area contributed by atoms with Gasteiger partial charge in [-0.1, -0.05) is 50.6 Å². The quantitative estimate of drug-likeness (QED) is 0.0676. The minimum atomic E-state index is -2.40. The van der Waals surface area contributed by atoms with Gasteiger partial charge in [0.25, 0.3) is 0 Å². The third kappa shape index (κ3) is 10.1. The van der Waals surface area contributed by atoms with E-state index in [-0.39, 0.29) is 37.3 Å². The van der Waals surface area contributed by atoms with Crippen LogP contribution in [0.2, 0.25) is 0 Å². The maximum atomic E-state index is 14.9. The van der Waals surface area contributed by atoms with Gasteiger partial charge in [-0.05, 0) is 64.0 Å². The van der Waals surface area contributed by atoms with Crippen molar-refractivity contribution in [2.75, 3.05) is 19.6 Å². The van der Waals surface area contributed by atoms with Crippen molar-refractivity contribution in [3.63, 3.8) is 0 Å². The number of alkyl halides is 1. The second kappa shape index (κ2) is 18.2. The molecule has 1 aromatic rings. The summed E-state index contributed by atoms with van der Waals surface area (Å²) in [5, 5.41) is 26.6. The highest BCUT2D eigenvalue weighted by Gasteiger charge is 2.59. The lowest BCUT2D eigenvalue weighted by Gasteiger charge is -2.47. The van der Waals surface area contributed by atoms with Gasteiger partial charge in [0.1, 0.15) is 23.7 Å². The van der Waals surface area contributed by atoms with Gasteiger partial charge in [-0.3, -0.25) is 19.2 Å². The molecule has 0 radical (unpaired) electrons. The predicted molar refractivity (Wildman–Crippen MR) is 167 cm³/mol. The van der Waals surface area contributed by atoms with Crippen LogP contribution in [0.5, 0.6) is 0 Å². The monoisotopic (exact) mass is 620 g/mol. The maximum Gasteiger partial charge on any atom is 0.487 e. The number of rotatable bonds is 18. The average Bonchev–Trinajstić information content (AvgIpc) is 2.99. The Kier molecular flexibility index (Phi) is 15.4. The summed E-state index contributed by atoms with van der Waals surface area (Å²) in [6.07, 6.45) is 0.781. The molecule has 0 saturated carbocycles. The Bertz CT molecular complexity index is 1080. The van der Waals surface area contributed by atoms with Gasteiger partial charge < -0.3 is 42.8 Å². The van der Waals surface area contributed by atoms with Crippen LogP contribution in [0.15, 0.2) is 30.3 Å². The van der Waals surface area contributed by atoms with Crippen LogP contribution < -0.4 is 27.8 Å². The summed E-state index contributed by atoms with van der Waals surface area (Å²) in [6.45, 7) is 4.29. The number of carbonyl (C=O) groups excluding carboxylic acids is 4. The Labute approximate surface area is 259 Å². The summed E-state index contributed by atoms with van der Waals surface area (Å²) in [7, 11) is -2.40. The zero-order valence-electron chi connectivity index (χ0n) is 25.9. The molecule has 246 valence electrons. The summed E-state index contributed by atoms with van der Waals surface area (Å²) in [5.41, 5.74) is 15.0. The van der Waals surface area contributed by atoms with Crippen molar-refractivity contribution >= 4 is 30.6 Å². The van der Waals surface area contributed by atoms with Crippen LogP contribution in [0.1, 0.15) is 82.0 Å². The standard InChI is InChI=1S/C30H50BFN6O6/c1-20(2)18-25(37-27(40)23(35)12-6-8-15-33)28(41)36-24(13-7-9-16-34)29(42)38-17-14-22(32)19-30(38,31(43)44)26(39)21-10-4-3-5-11-21/h3-5,10-11,20,22-25,43-44H,6-9,12-19,33-35H2,1-2H3,(H,36,41)(H,37,40)/t22?,23-,24-,25-,30?/m0/s1. The number of unbranched alkanes of at least 4 members (excludes halogenated alkanes) is 2. The number of halogens is 1. The molecule has 0 aliphatic carbocycles. The molecule has 0 bridgehead atoms. The van der Waals surface area contributed by atoms with E-state index in [2.05, 4.69) is 10.6 Å². The number of amides is 3. The molecule has 0 aromatic heterocycles. The SMILES string of the molecule is CC(C)C[C@H](NC(=O)[C@@H](N)CCCCN)C(=O)N[C@@H](CCCCN)C(=O)N1CCC(F)CC1(B(O)O)C(=O)c1ccccc1. The van der Waals surface area contributed by atoms with E-state index < -0.39 is 66.8 Å². The second-order valence-electron chi connectivity index (χ2n) is 12.0. The molecular formula is C30H50BFN6O6. The molecule has 10 N–H and O–H groups in total. The summed E-state index contributed by atoms with van der Waals surface area (Å²) >= 11 is 0. The molecule has 2 rings (SSSR count). The van der Waals surface area contributed by atoms with Gasteiger partial charge in [-0.2, -0.15) is 0 Å². The van der Waals surface area contributed by atoms with E-state index in [1.807, 2.05) is 13.8 Å². The van der Waals surface area contributed by atoms with E-state index in [9.17, 15) is 33.6 Å². The van der Waals surface area contributed by atoms with Gasteiger partial charge in [0.05, 0.1) is 6.04 Å². The number of nitrogens with zero attached hydrogens (tertiary/aromatic N) is 1. The molecule has 12 nitrogen and oxygen atoms in total. The molecule has 1 heterocycles. The first-order valence-corrected chi connectivity index (χ1v) is 15.6. The van der Waals surface area contributed by atoms with E-state index in [1.54, 1.807) is 18.2 Å². The summed E-state index contributed by atoms with van der Waals surface area (Å²) in [4.78, 5) is 55.4. The number of nitrogens with one attached hydrogen (secondary N) is 2. The Morgan fingerprint density at radius 3 is 2.14 bits per heavy atom. The topological polar surface area (TPSA) is 214 Å². The van der Waals surface area contributed by atoms with Crippen LogP contribution in [0.4, 0.5) is 4.39 Å². The molecule has 0 spiro atoms. The molecule has 1 saturated heterocycles. The van der Waals surface area contributed by atoms with Crippen LogP contribution in [0.25, 0.3) is 0 Å². The number of hydrogen-bond donors (Lipinski definition) is 7. The van der Waals surface area contributed by atoms with Gasteiger partial charge in [0, 0.05) is 18.5 Å². The molecule has 1 fully saturated rings. The first-order chi connectivity index (χ1) is 20.9. The predicted octanol–water partition coefficient (Wildman–Crippen LogP) is 0.182. The van der Waals surface area contributed by atoms with Crippen LogP contribution in [0.3, 0.4) is 0 Å². The summed E-state index contributed by atoms with van der Waals surface area (Å²) in [5.74, 6) is -2.71. The number of Topliss-reactive ketones (excluding diaryl/α,β-unsaturated/α-hetero) is 1. The molecule has 44 heavy (non-hydrogen) atoms. The molecule has 5 atom stereocenters. The highest BCUT2D eigenvalue weighted by Crippen LogP contribution is 2.35. The molecule has 1 aliphatic heterocycles. The zero-order chi connectivity index (χ0) is 32.9. The van der Waals surface area contributed by atoms with Crippen molar-refractivity contribution in [1.82, 2.24) is 15.5 Å². The van der Waals surface area contributed by atoms with Crippen LogP contribution >= 0.6 is 0 Å². The van der Waals surface area contributed by atoms with Gasteiger partial charge in [0.15, 0.2) is 5.78 Å².